The molecule has 1 aliphatic rings. The third-order valence-corrected chi connectivity index (χ3v) is 4.89. The monoisotopic (exact) mass is 421 g/mol. The van der Waals surface area contributed by atoms with Gasteiger partial charge in [-0.1, -0.05) is 39.1 Å². The van der Waals surface area contributed by atoms with Crippen molar-refractivity contribution in [1.29, 1.82) is 5.41 Å². The summed E-state index contributed by atoms with van der Waals surface area (Å²) in [7, 11) is 0. The van der Waals surface area contributed by atoms with Gasteiger partial charge in [-0.05, 0) is 11.8 Å². The lowest BCUT2D eigenvalue weighted by Gasteiger charge is -2.25. The Balaban J connectivity index is 2.29. The molecule has 1 aromatic rings. The lowest BCUT2D eigenvalue weighted by atomic mass is 9.88. The van der Waals surface area contributed by atoms with E-state index >= 15 is 0 Å². The molecule has 7 N–H and O–H groups in total. The minimum atomic E-state index is -0.782. The number of nitrogens with zero attached hydrogens (tertiary/aromatic N) is 2. The summed E-state index contributed by atoms with van der Waals surface area (Å²) in [5.74, 6) is -0.364. The predicted molar refractivity (Wildman–Crippen MR) is 116 cm³/mol. The smallest absolute Gasteiger partial charge is 0.271 e. The molecule has 2 rings (SSSR count). The molecule has 11 heteroatoms. The van der Waals surface area contributed by atoms with E-state index in [4.69, 9.17) is 29.1 Å². The van der Waals surface area contributed by atoms with Crippen LogP contribution in [0.3, 0.4) is 0 Å². The summed E-state index contributed by atoms with van der Waals surface area (Å²) in [5, 5.41) is 14.0. The summed E-state index contributed by atoms with van der Waals surface area (Å²) < 4.78 is 0. The average molecular weight is 422 g/mol. The van der Waals surface area contributed by atoms with Crippen molar-refractivity contribution in [1.82, 2.24) is 9.97 Å². The number of rotatable bonds is 7. The number of hydrogen-bond donors (Lipinski definition) is 5. The highest BCUT2D eigenvalue weighted by Crippen LogP contribution is 2.25. The van der Waals surface area contributed by atoms with Gasteiger partial charge in [-0.15, -0.1) is 11.8 Å². The molecule has 0 spiro atoms. The van der Waals surface area contributed by atoms with Gasteiger partial charge in [-0.2, -0.15) is 0 Å². The van der Waals surface area contributed by atoms with Crippen LogP contribution in [0.5, 0.6) is 0 Å². The molecule has 0 fully saturated rings. The summed E-state index contributed by atoms with van der Waals surface area (Å²) in [4.78, 5) is 32.1. The van der Waals surface area contributed by atoms with E-state index in [0.717, 1.165) is 0 Å². The first-order valence-corrected chi connectivity index (χ1v) is 9.83. The van der Waals surface area contributed by atoms with Gasteiger partial charge >= 0.3 is 0 Å². The number of primary amides is 2. The van der Waals surface area contributed by atoms with Crippen LogP contribution in [0.15, 0.2) is 17.8 Å². The molecule has 0 saturated heterocycles. The molecule has 28 heavy (non-hydrogen) atoms. The van der Waals surface area contributed by atoms with Crippen molar-refractivity contribution in [3.63, 3.8) is 0 Å². The van der Waals surface area contributed by atoms with Crippen molar-refractivity contribution >= 4 is 57.5 Å². The second-order valence-electron chi connectivity index (χ2n) is 7.39. The van der Waals surface area contributed by atoms with Crippen molar-refractivity contribution in [3.8, 4) is 0 Å². The van der Waals surface area contributed by atoms with Crippen LogP contribution < -0.4 is 22.1 Å². The molecule has 0 bridgehead atoms. The van der Waals surface area contributed by atoms with E-state index in [0.29, 0.717) is 22.8 Å². The first kappa shape index (κ1) is 21.8. The first-order valence-electron chi connectivity index (χ1n) is 8.44. The molecule has 2 amide bonds. The zero-order valence-corrected chi connectivity index (χ0v) is 17.5. The Morgan fingerprint density at radius 2 is 2.07 bits per heavy atom. The van der Waals surface area contributed by atoms with Crippen molar-refractivity contribution in [2.75, 3.05) is 16.4 Å². The number of amides is 2. The lowest BCUT2D eigenvalue weighted by molar-refractivity contribution is -0.119. The summed E-state index contributed by atoms with van der Waals surface area (Å²) >= 11 is 6.66. The molecule has 0 radical (unpaired) electrons. The van der Waals surface area contributed by atoms with Gasteiger partial charge in [0.25, 0.3) is 5.91 Å². The number of carbonyl (C=O) groups excluding carboxylic acids is 2. The Morgan fingerprint density at radius 3 is 2.57 bits per heavy atom. The van der Waals surface area contributed by atoms with E-state index in [1.165, 1.54) is 18.0 Å². The maximum atomic E-state index is 11.8. The average Bonchev–Trinajstić information content (AvgIpc) is 2.99. The van der Waals surface area contributed by atoms with Crippen LogP contribution in [0.4, 0.5) is 11.6 Å². The van der Waals surface area contributed by atoms with Gasteiger partial charge in [0, 0.05) is 11.3 Å². The quantitative estimate of drug-likeness (QED) is 0.416. The standard InChI is InChI=1S/C17H23N7O2S2/c1-17(2,3)6-9(12(18)25)22-10-7-21-11(13(19)26)15(23-10)24-16(27)8-4-5-28-14(8)20/h4,7,9,20H,5-6H2,1-3H3,(H2,18,25)(H2,19,26)(H2,22,23,24,27). The third-order valence-electron chi connectivity index (χ3n) is 3.72. The first-order chi connectivity index (χ1) is 13.0. The molecule has 0 saturated carbocycles. The van der Waals surface area contributed by atoms with Crippen molar-refractivity contribution in [3.05, 3.63) is 23.5 Å². The van der Waals surface area contributed by atoms with Crippen molar-refractivity contribution in [2.45, 2.75) is 33.2 Å². The van der Waals surface area contributed by atoms with Crippen molar-refractivity contribution < 1.29 is 9.59 Å². The maximum absolute atomic E-state index is 11.8. The highest BCUT2D eigenvalue weighted by atomic mass is 32.2. The Bertz CT molecular complexity index is 862. The SMILES string of the molecule is CC(C)(C)CC(Nc1cnc(C(N)=O)c(NC(=S)C2=CCSC2=N)n1)C(N)=O. The Kier molecular flexibility index (Phi) is 6.73. The van der Waals surface area contributed by atoms with Crippen LogP contribution in [-0.4, -0.2) is 43.6 Å². The second kappa shape index (κ2) is 8.65. The maximum Gasteiger partial charge on any atom is 0.271 e. The molecular formula is C17H23N7O2S2. The zero-order valence-electron chi connectivity index (χ0n) is 15.8. The van der Waals surface area contributed by atoms with Gasteiger partial charge < -0.3 is 22.1 Å². The van der Waals surface area contributed by atoms with Crippen LogP contribution in [0.2, 0.25) is 0 Å². The van der Waals surface area contributed by atoms with Gasteiger partial charge in [0.05, 0.1) is 11.2 Å². The van der Waals surface area contributed by atoms with Gasteiger partial charge in [-0.3, -0.25) is 15.0 Å². The molecule has 1 aromatic heterocycles. The fraction of sp³-hybridized carbons (Fsp3) is 0.412. The largest absolute Gasteiger partial charge is 0.368 e. The fourth-order valence-electron chi connectivity index (χ4n) is 2.49. The summed E-state index contributed by atoms with van der Waals surface area (Å²) in [6, 6.07) is -0.671. The normalized spacial score (nSPS) is 15.0. The number of thioether (sulfide) groups is 1. The Hall–Kier alpha value is -2.53. The molecule has 9 nitrogen and oxygen atoms in total. The molecule has 2 heterocycles. The van der Waals surface area contributed by atoms with E-state index in [2.05, 4.69) is 20.6 Å². The van der Waals surface area contributed by atoms with Crippen LogP contribution in [0.25, 0.3) is 0 Å². The number of nitrogens with two attached hydrogens (primary N) is 2. The van der Waals surface area contributed by atoms with Crippen LogP contribution >= 0.6 is 24.0 Å². The molecular weight excluding hydrogens is 398 g/mol. The van der Waals surface area contributed by atoms with Gasteiger partial charge in [-0.25, -0.2) is 9.97 Å². The predicted octanol–water partition coefficient (Wildman–Crippen LogP) is 1.67. The Labute approximate surface area is 172 Å². The Morgan fingerprint density at radius 1 is 1.39 bits per heavy atom. The molecule has 0 aromatic carbocycles. The highest BCUT2D eigenvalue weighted by Gasteiger charge is 2.25. The number of carbonyl (C=O) groups is 2. The van der Waals surface area contributed by atoms with E-state index in [1.807, 2.05) is 26.8 Å². The number of nitrogens with one attached hydrogen (secondary N) is 3. The lowest BCUT2D eigenvalue weighted by Crippen LogP contribution is -2.38. The minimum absolute atomic E-state index is 0.0482. The zero-order chi connectivity index (χ0) is 21.1. The molecule has 1 atom stereocenters. The number of aromatic nitrogens is 2. The number of thiocarbonyl (C=S) groups is 1. The van der Waals surface area contributed by atoms with Gasteiger partial charge in [0.15, 0.2) is 11.5 Å². The van der Waals surface area contributed by atoms with E-state index in [9.17, 15) is 9.59 Å². The second-order valence-corrected chi connectivity index (χ2v) is 8.83. The van der Waals surface area contributed by atoms with Crippen LogP contribution in [-0.2, 0) is 4.79 Å². The molecule has 1 unspecified atom stereocenters. The van der Waals surface area contributed by atoms with Gasteiger partial charge in [0.1, 0.15) is 16.8 Å². The molecule has 0 aliphatic carbocycles. The number of hydrogen-bond acceptors (Lipinski definition) is 8. The summed E-state index contributed by atoms with van der Waals surface area (Å²) in [5.41, 5.74) is 11.2. The molecule has 150 valence electrons. The van der Waals surface area contributed by atoms with Crippen molar-refractivity contribution in [2.24, 2.45) is 16.9 Å². The third kappa shape index (κ3) is 5.73. The summed E-state index contributed by atoms with van der Waals surface area (Å²) in [6.07, 6.45) is 3.60. The topological polar surface area (TPSA) is 160 Å². The fourth-order valence-corrected chi connectivity index (χ4v) is 3.59. The van der Waals surface area contributed by atoms with Crippen LogP contribution in [0, 0.1) is 10.8 Å². The molecule has 1 aliphatic heterocycles. The minimum Gasteiger partial charge on any atom is -0.368 e. The highest BCUT2D eigenvalue weighted by molar-refractivity contribution is 8.15. The number of anilines is 2. The van der Waals surface area contributed by atoms with Gasteiger partial charge in [0.2, 0.25) is 5.91 Å². The van der Waals surface area contributed by atoms with Crippen LogP contribution in [0.1, 0.15) is 37.7 Å². The van der Waals surface area contributed by atoms with E-state index in [1.54, 1.807) is 0 Å². The van der Waals surface area contributed by atoms with E-state index in [-0.39, 0.29) is 27.7 Å². The van der Waals surface area contributed by atoms with E-state index < -0.39 is 17.9 Å². The summed E-state index contributed by atoms with van der Waals surface area (Å²) in [6.45, 7) is 5.96.